The van der Waals surface area contributed by atoms with Crippen LogP contribution in [0.25, 0.3) is 0 Å². The smallest absolute Gasteiger partial charge is 0.160 e. The third-order valence-electron chi connectivity index (χ3n) is 3.36. The van der Waals surface area contributed by atoms with E-state index >= 15 is 0 Å². The van der Waals surface area contributed by atoms with E-state index in [-0.39, 0.29) is 12.2 Å². The molecule has 22 heavy (non-hydrogen) atoms. The fraction of sp³-hybridized carbons (Fsp3) is 0.529. The lowest BCUT2D eigenvalue weighted by molar-refractivity contribution is 0.0300. The molecule has 0 amide bonds. The van der Waals surface area contributed by atoms with Gasteiger partial charge in [-0.25, -0.2) is 0 Å². The highest BCUT2D eigenvalue weighted by Crippen LogP contribution is 2.48. The molecule has 1 unspecified atom stereocenters. The van der Waals surface area contributed by atoms with Crippen LogP contribution in [-0.2, 0) is 4.74 Å². The molecule has 122 valence electrons. The Bertz CT molecular complexity index is 525. The lowest BCUT2D eigenvalue weighted by Gasteiger charge is -2.25. The maximum Gasteiger partial charge on any atom is 0.160 e. The third-order valence-corrected chi connectivity index (χ3v) is 4.65. The molecule has 0 bridgehead atoms. The zero-order chi connectivity index (χ0) is 16.3. The van der Waals surface area contributed by atoms with Gasteiger partial charge < -0.3 is 19.6 Å². The molecule has 0 fully saturated rings. The number of aliphatic hydroxyl groups excluding tert-OH is 1. The van der Waals surface area contributed by atoms with Crippen molar-refractivity contribution < 1.29 is 9.84 Å². The Morgan fingerprint density at radius 1 is 1.18 bits per heavy atom. The standard InChI is InChI=1S/C11H12N2OS.C6H14O/c1-8-6-12-9-4-2-3-5-10(9)15-11(12)13(8)7-14;1-5(2)7-6(3)4/h2-6,11,14H,7H2,1H3;5-6H,1-4H3. The van der Waals surface area contributed by atoms with Crippen molar-refractivity contribution in [3.63, 3.8) is 0 Å². The Kier molecular flexibility index (Phi) is 5.78. The van der Waals surface area contributed by atoms with E-state index in [9.17, 15) is 5.11 Å². The van der Waals surface area contributed by atoms with Crippen molar-refractivity contribution in [1.29, 1.82) is 0 Å². The van der Waals surface area contributed by atoms with E-state index in [0.717, 1.165) is 5.70 Å². The molecule has 3 rings (SSSR count). The zero-order valence-corrected chi connectivity index (χ0v) is 14.8. The Balaban J connectivity index is 0.000000217. The predicted molar refractivity (Wildman–Crippen MR) is 92.6 cm³/mol. The first-order chi connectivity index (χ1) is 10.4. The lowest BCUT2D eigenvalue weighted by Crippen LogP contribution is -2.34. The van der Waals surface area contributed by atoms with Gasteiger partial charge in [-0.2, -0.15) is 0 Å². The molecule has 0 spiro atoms. The van der Waals surface area contributed by atoms with Crippen molar-refractivity contribution in [2.75, 3.05) is 11.6 Å². The van der Waals surface area contributed by atoms with Gasteiger partial charge >= 0.3 is 0 Å². The molecular formula is C17H26N2O2S. The highest BCUT2D eigenvalue weighted by Gasteiger charge is 2.37. The number of thioether (sulfide) groups is 1. The van der Waals surface area contributed by atoms with Crippen molar-refractivity contribution in [2.24, 2.45) is 0 Å². The maximum atomic E-state index is 9.31. The van der Waals surface area contributed by atoms with Crippen LogP contribution in [0.4, 0.5) is 5.69 Å². The summed E-state index contributed by atoms with van der Waals surface area (Å²) in [6.45, 7) is 10.3. The van der Waals surface area contributed by atoms with Gasteiger partial charge in [0.05, 0.1) is 17.9 Å². The number of hydrogen-bond donors (Lipinski definition) is 1. The number of para-hydroxylation sites is 1. The number of nitrogens with zero attached hydrogens (tertiary/aromatic N) is 2. The average molecular weight is 322 g/mol. The monoisotopic (exact) mass is 322 g/mol. The molecule has 0 aromatic heterocycles. The van der Waals surface area contributed by atoms with Crippen molar-refractivity contribution >= 4 is 17.4 Å². The zero-order valence-electron chi connectivity index (χ0n) is 14.0. The van der Waals surface area contributed by atoms with Gasteiger partial charge in [0.25, 0.3) is 0 Å². The van der Waals surface area contributed by atoms with Gasteiger partial charge in [0, 0.05) is 16.8 Å². The Morgan fingerprint density at radius 2 is 1.82 bits per heavy atom. The van der Waals surface area contributed by atoms with Gasteiger partial charge in [0.15, 0.2) is 5.50 Å². The van der Waals surface area contributed by atoms with Crippen LogP contribution < -0.4 is 4.90 Å². The first kappa shape index (κ1) is 17.2. The molecule has 0 saturated carbocycles. The molecule has 1 N–H and O–H groups in total. The summed E-state index contributed by atoms with van der Waals surface area (Å²) < 4.78 is 5.25. The number of aliphatic hydroxyl groups is 1. The summed E-state index contributed by atoms with van der Waals surface area (Å²) in [6, 6.07) is 8.34. The lowest BCUT2D eigenvalue weighted by atomic mass is 10.3. The van der Waals surface area contributed by atoms with Crippen molar-refractivity contribution in [2.45, 2.75) is 57.2 Å². The summed E-state index contributed by atoms with van der Waals surface area (Å²) >= 11 is 1.78. The molecule has 4 nitrogen and oxygen atoms in total. The second-order valence-corrected chi connectivity index (χ2v) is 7.03. The molecule has 0 radical (unpaired) electrons. The van der Waals surface area contributed by atoms with Crippen LogP contribution in [0.3, 0.4) is 0 Å². The number of hydrogen-bond acceptors (Lipinski definition) is 5. The Morgan fingerprint density at radius 3 is 2.36 bits per heavy atom. The van der Waals surface area contributed by atoms with Crippen LogP contribution in [-0.4, -0.2) is 34.4 Å². The third kappa shape index (κ3) is 3.77. The summed E-state index contributed by atoms with van der Waals surface area (Å²) in [6.07, 6.45) is 2.85. The average Bonchev–Trinajstić information content (AvgIpc) is 2.92. The van der Waals surface area contributed by atoms with E-state index in [1.54, 1.807) is 11.8 Å². The number of allylic oxidation sites excluding steroid dienone is 1. The minimum absolute atomic E-state index is 0.0739. The van der Waals surface area contributed by atoms with E-state index in [1.807, 2.05) is 51.7 Å². The Hall–Kier alpha value is -1.17. The molecule has 1 atom stereocenters. The minimum atomic E-state index is 0.0739. The van der Waals surface area contributed by atoms with E-state index < -0.39 is 0 Å². The molecule has 2 aliphatic heterocycles. The summed E-state index contributed by atoms with van der Waals surface area (Å²) in [7, 11) is 0. The number of anilines is 1. The van der Waals surface area contributed by atoms with Crippen LogP contribution in [0.1, 0.15) is 34.6 Å². The van der Waals surface area contributed by atoms with Gasteiger partial charge in [-0.15, -0.1) is 0 Å². The summed E-state index contributed by atoms with van der Waals surface area (Å²) in [5.74, 6) is 0. The fourth-order valence-corrected chi connectivity index (χ4v) is 3.91. The van der Waals surface area contributed by atoms with Crippen LogP contribution in [0, 0.1) is 0 Å². The summed E-state index contributed by atoms with van der Waals surface area (Å²) in [5, 5.41) is 9.31. The van der Waals surface area contributed by atoms with E-state index in [0.29, 0.717) is 12.2 Å². The number of fused-ring (bicyclic) bond motifs is 3. The second kappa shape index (κ2) is 7.40. The van der Waals surface area contributed by atoms with Gasteiger partial charge in [0.1, 0.15) is 6.73 Å². The molecular weight excluding hydrogens is 296 g/mol. The number of ether oxygens (including phenoxy) is 1. The van der Waals surface area contributed by atoms with E-state index in [4.69, 9.17) is 4.74 Å². The van der Waals surface area contributed by atoms with Gasteiger partial charge in [-0.3, -0.25) is 0 Å². The summed E-state index contributed by atoms with van der Waals surface area (Å²) in [4.78, 5) is 5.49. The number of rotatable bonds is 3. The van der Waals surface area contributed by atoms with Crippen LogP contribution in [0.2, 0.25) is 0 Å². The normalized spacial score (nSPS) is 19.1. The molecule has 0 saturated heterocycles. The maximum absolute atomic E-state index is 9.31. The molecule has 0 aliphatic carbocycles. The van der Waals surface area contributed by atoms with Gasteiger partial charge in [-0.1, -0.05) is 23.9 Å². The van der Waals surface area contributed by atoms with E-state index in [1.165, 1.54) is 10.6 Å². The molecule has 2 aliphatic rings. The largest absolute Gasteiger partial charge is 0.376 e. The first-order valence-electron chi connectivity index (χ1n) is 7.69. The van der Waals surface area contributed by atoms with Crippen molar-refractivity contribution in [3.05, 3.63) is 36.2 Å². The molecule has 1 aromatic rings. The highest BCUT2D eigenvalue weighted by atomic mass is 32.2. The van der Waals surface area contributed by atoms with Crippen LogP contribution in [0.15, 0.2) is 41.1 Å². The SMILES string of the molecule is CC(C)OC(C)C.CC1=CN2c3ccccc3SC2N1CO. The van der Waals surface area contributed by atoms with Crippen LogP contribution in [0.5, 0.6) is 0 Å². The van der Waals surface area contributed by atoms with E-state index in [2.05, 4.69) is 23.2 Å². The first-order valence-corrected chi connectivity index (χ1v) is 8.57. The minimum Gasteiger partial charge on any atom is -0.376 e. The van der Waals surface area contributed by atoms with Gasteiger partial charge in [0.2, 0.25) is 0 Å². The highest BCUT2D eigenvalue weighted by molar-refractivity contribution is 8.00. The van der Waals surface area contributed by atoms with Crippen molar-refractivity contribution in [1.82, 2.24) is 4.90 Å². The van der Waals surface area contributed by atoms with Crippen molar-refractivity contribution in [3.8, 4) is 0 Å². The quantitative estimate of drug-likeness (QED) is 0.915. The van der Waals surface area contributed by atoms with Crippen LogP contribution >= 0.6 is 11.8 Å². The number of benzene rings is 1. The predicted octanol–water partition coefficient (Wildman–Crippen LogP) is 3.83. The molecule has 2 heterocycles. The molecule has 1 aromatic carbocycles. The summed E-state index contributed by atoms with van der Waals surface area (Å²) in [5.41, 5.74) is 2.56. The Labute approximate surface area is 137 Å². The topological polar surface area (TPSA) is 35.9 Å². The molecule has 5 heteroatoms. The fourth-order valence-electron chi connectivity index (χ4n) is 2.58. The van der Waals surface area contributed by atoms with Gasteiger partial charge in [-0.05, 0) is 46.8 Å². The second-order valence-electron chi connectivity index (χ2n) is 5.93.